The van der Waals surface area contributed by atoms with E-state index in [1.807, 2.05) is 72.4 Å². The molecule has 3 nitrogen and oxygen atoms in total. The van der Waals surface area contributed by atoms with Gasteiger partial charge in [0.1, 0.15) is 0 Å². The van der Waals surface area contributed by atoms with Crippen LogP contribution in [-0.2, 0) is 10.8 Å². The Hall–Kier alpha value is -2.98. The van der Waals surface area contributed by atoms with Crippen molar-refractivity contribution in [3.05, 3.63) is 95.2 Å². The van der Waals surface area contributed by atoms with Gasteiger partial charge in [0.2, 0.25) is 0 Å². The van der Waals surface area contributed by atoms with Crippen LogP contribution in [0.5, 0.6) is 0 Å². The number of rotatable bonds is 4. The highest BCUT2D eigenvalue weighted by atomic mass is 32.2. The van der Waals surface area contributed by atoms with E-state index < -0.39 is 10.8 Å². The van der Waals surface area contributed by atoms with Gasteiger partial charge in [-0.3, -0.25) is 0 Å². The van der Waals surface area contributed by atoms with E-state index in [1.54, 1.807) is 0 Å². The molecule has 0 N–H and O–H groups in total. The molecule has 4 heteroatoms. The number of hydrogen-bond acceptors (Lipinski definition) is 2. The first-order valence-corrected chi connectivity index (χ1v) is 10.8. The van der Waals surface area contributed by atoms with Crippen molar-refractivity contribution >= 4 is 10.8 Å². The molecule has 0 aliphatic heterocycles. The molecular weight excluding hydrogens is 376 g/mol. The van der Waals surface area contributed by atoms with Crippen LogP contribution in [0, 0.1) is 27.7 Å². The van der Waals surface area contributed by atoms with Crippen molar-refractivity contribution < 1.29 is 4.21 Å². The molecule has 1 unspecified atom stereocenters. The van der Waals surface area contributed by atoms with Gasteiger partial charge >= 0.3 is 0 Å². The lowest BCUT2D eigenvalue weighted by Gasteiger charge is -2.14. The predicted molar refractivity (Wildman–Crippen MR) is 119 cm³/mol. The van der Waals surface area contributed by atoms with Gasteiger partial charge in [-0.1, -0.05) is 42.0 Å². The lowest BCUT2D eigenvalue weighted by molar-refractivity contribution is 0.682. The van der Waals surface area contributed by atoms with Gasteiger partial charge in [-0.2, -0.15) is 5.10 Å². The summed E-state index contributed by atoms with van der Waals surface area (Å²) in [5.74, 6) is 0. The summed E-state index contributed by atoms with van der Waals surface area (Å²) >= 11 is 0. The second-order valence-corrected chi connectivity index (χ2v) is 8.88. The fourth-order valence-corrected chi connectivity index (χ4v) is 5.15. The van der Waals surface area contributed by atoms with E-state index in [4.69, 9.17) is 0 Å². The summed E-state index contributed by atoms with van der Waals surface area (Å²) < 4.78 is 15.1. The molecule has 0 saturated carbocycles. The molecule has 3 aromatic carbocycles. The molecule has 1 aromatic heterocycles. The third kappa shape index (κ3) is 3.68. The van der Waals surface area contributed by atoms with Crippen molar-refractivity contribution in [2.75, 3.05) is 0 Å². The van der Waals surface area contributed by atoms with Gasteiger partial charge in [0.25, 0.3) is 0 Å². The van der Waals surface area contributed by atoms with Crippen LogP contribution >= 0.6 is 0 Å². The zero-order chi connectivity index (χ0) is 20.5. The standard InChI is InChI=1S/C25H24N2OS/c1-17-14-19(3)25(20(4)15-17)23-12-13-26-27(23)21-9-7-10-22(16-21)29(28)24-11-6-5-8-18(24)2/h5-16H,1-4H3. The lowest BCUT2D eigenvalue weighted by atomic mass is 9.97. The number of benzene rings is 3. The fraction of sp³-hybridized carbons (Fsp3) is 0.160. The Bertz CT molecular complexity index is 1200. The summed E-state index contributed by atoms with van der Waals surface area (Å²) in [5, 5.41) is 4.58. The number of aryl methyl sites for hydroxylation is 4. The highest BCUT2D eigenvalue weighted by molar-refractivity contribution is 7.85. The maximum absolute atomic E-state index is 13.2. The molecule has 0 amide bonds. The van der Waals surface area contributed by atoms with Crippen molar-refractivity contribution in [2.24, 2.45) is 0 Å². The van der Waals surface area contributed by atoms with Crippen molar-refractivity contribution in [2.45, 2.75) is 37.5 Å². The van der Waals surface area contributed by atoms with Crippen LogP contribution in [0.15, 0.2) is 82.7 Å². The summed E-state index contributed by atoms with van der Waals surface area (Å²) in [4.78, 5) is 1.62. The molecule has 0 bridgehead atoms. The van der Waals surface area contributed by atoms with E-state index in [0.29, 0.717) is 0 Å². The summed E-state index contributed by atoms with van der Waals surface area (Å²) in [6.45, 7) is 8.38. The molecule has 4 aromatic rings. The van der Waals surface area contributed by atoms with Crippen LogP contribution < -0.4 is 0 Å². The second-order valence-electron chi connectivity index (χ2n) is 7.43. The zero-order valence-corrected chi connectivity index (χ0v) is 18.0. The smallest absolute Gasteiger partial charge is 0.0853 e. The molecule has 0 fully saturated rings. The monoisotopic (exact) mass is 400 g/mol. The molecule has 0 aliphatic carbocycles. The Morgan fingerprint density at radius 2 is 1.52 bits per heavy atom. The first-order chi connectivity index (χ1) is 14.0. The summed E-state index contributed by atoms with van der Waals surface area (Å²) in [5.41, 5.74) is 7.88. The molecule has 1 heterocycles. The van der Waals surface area contributed by atoms with Crippen LogP contribution in [0.2, 0.25) is 0 Å². The number of aromatic nitrogens is 2. The summed E-state index contributed by atoms with van der Waals surface area (Å²) in [6.07, 6.45) is 1.82. The van der Waals surface area contributed by atoms with E-state index in [-0.39, 0.29) is 0 Å². The molecule has 4 rings (SSSR count). The Morgan fingerprint density at radius 3 is 2.24 bits per heavy atom. The summed E-state index contributed by atoms with van der Waals surface area (Å²) in [7, 11) is -1.23. The lowest BCUT2D eigenvalue weighted by Crippen LogP contribution is -2.03. The van der Waals surface area contributed by atoms with Gasteiger partial charge in [-0.05, 0) is 74.7 Å². The molecule has 29 heavy (non-hydrogen) atoms. The fourth-order valence-electron chi connectivity index (χ4n) is 3.90. The molecule has 146 valence electrons. The molecule has 0 saturated heterocycles. The molecular formula is C25H24N2OS. The van der Waals surface area contributed by atoms with Gasteiger partial charge in [0.15, 0.2) is 0 Å². The second kappa shape index (κ2) is 7.80. The van der Waals surface area contributed by atoms with Crippen LogP contribution in [0.3, 0.4) is 0 Å². The van der Waals surface area contributed by atoms with Crippen molar-refractivity contribution in [3.63, 3.8) is 0 Å². The van der Waals surface area contributed by atoms with Gasteiger partial charge in [0, 0.05) is 15.4 Å². The third-order valence-electron chi connectivity index (χ3n) is 5.15. The maximum Gasteiger partial charge on any atom is 0.0853 e. The SMILES string of the molecule is Cc1cc(C)c(-c2ccnn2-c2cccc(S(=O)c3ccccc3C)c2)c(C)c1. The van der Waals surface area contributed by atoms with Crippen LogP contribution in [0.4, 0.5) is 0 Å². The third-order valence-corrected chi connectivity index (χ3v) is 6.69. The largest absolute Gasteiger partial charge is 0.249 e. The maximum atomic E-state index is 13.2. The van der Waals surface area contributed by atoms with E-state index >= 15 is 0 Å². The molecule has 0 radical (unpaired) electrons. The Balaban J connectivity index is 1.80. The van der Waals surface area contributed by atoms with E-state index in [1.165, 1.54) is 22.3 Å². The van der Waals surface area contributed by atoms with E-state index in [9.17, 15) is 4.21 Å². The molecule has 1 atom stereocenters. The average Bonchev–Trinajstić information content (AvgIpc) is 3.16. The Kier molecular flexibility index (Phi) is 5.20. The topological polar surface area (TPSA) is 34.9 Å². The molecule has 0 spiro atoms. The average molecular weight is 401 g/mol. The van der Waals surface area contributed by atoms with Crippen LogP contribution in [0.1, 0.15) is 22.3 Å². The van der Waals surface area contributed by atoms with Crippen LogP contribution in [0.25, 0.3) is 16.9 Å². The van der Waals surface area contributed by atoms with Gasteiger partial charge in [0.05, 0.1) is 28.4 Å². The van der Waals surface area contributed by atoms with Crippen molar-refractivity contribution in [3.8, 4) is 16.9 Å². The first kappa shape index (κ1) is 19.3. The summed E-state index contributed by atoms with van der Waals surface area (Å²) in [6, 6.07) is 22.1. The van der Waals surface area contributed by atoms with Crippen molar-refractivity contribution in [1.29, 1.82) is 0 Å². The quantitative estimate of drug-likeness (QED) is 0.425. The minimum Gasteiger partial charge on any atom is -0.249 e. The van der Waals surface area contributed by atoms with Gasteiger partial charge in [-0.15, -0.1) is 0 Å². The first-order valence-electron chi connectivity index (χ1n) is 9.66. The normalized spacial score (nSPS) is 12.1. The van der Waals surface area contributed by atoms with Crippen LogP contribution in [-0.4, -0.2) is 14.0 Å². The van der Waals surface area contributed by atoms with E-state index in [0.717, 1.165) is 26.7 Å². The van der Waals surface area contributed by atoms with Crippen molar-refractivity contribution in [1.82, 2.24) is 9.78 Å². The minimum absolute atomic E-state index is 0.774. The highest BCUT2D eigenvalue weighted by Gasteiger charge is 2.15. The minimum atomic E-state index is -1.23. The number of nitrogens with zero attached hydrogens (tertiary/aromatic N) is 2. The molecule has 0 aliphatic rings. The highest BCUT2D eigenvalue weighted by Crippen LogP contribution is 2.30. The zero-order valence-electron chi connectivity index (χ0n) is 17.1. The van der Waals surface area contributed by atoms with Gasteiger partial charge in [-0.25, -0.2) is 8.89 Å². The Labute approximate surface area is 174 Å². The Morgan fingerprint density at radius 1 is 0.793 bits per heavy atom. The number of hydrogen-bond donors (Lipinski definition) is 0. The van der Waals surface area contributed by atoms with Gasteiger partial charge < -0.3 is 0 Å². The van der Waals surface area contributed by atoms with E-state index in [2.05, 4.69) is 38.0 Å². The predicted octanol–water partition coefficient (Wildman–Crippen LogP) is 5.94.